The molecule has 0 aromatic carbocycles. The van der Waals surface area contributed by atoms with Crippen LogP contribution in [0.25, 0.3) is 0 Å². The minimum atomic E-state index is 0.892. The first kappa shape index (κ1) is 11.8. The minimum absolute atomic E-state index is 0.892. The van der Waals surface area contributed by atoms with Crippen LogP contribution in [0.3, 0.4) is 0 Å². The lowest BCUT2D eigenvalue weighted by molar-refractivity contribution is 0.367. The SMILES string of the molecule is CCN(C)CCNc1cccc(NC)n1. The number of hydrogen-bond donors (Lipinski definition) is 2. The first-order valence-corrected chi connectivity index (χ1v) is 5.33. The molecule has 0 saturated heterocycles. The van der Waals surface area contributed by atoms with Gasteiger partial charge >= 0.3 is 0 Å². The summed E-state index contributed by atoms with van der Waals surface area (Å²) in [6.45, 7) is 5.18. The van der Waals surface area contributed by atoms with Crippen molar-refractivity contribution in [3.63, 3.8) is 0 Å². The molecule has 0 aliphatic carbocycles. The Hall–Kier alpha value is -1.29. The number of hydrogen-bond acceptors (Lipinski definition) is 4. The second-order valence-corrected chi connectivity index (χ2v) is 3.48. The van der Waals surface area contributed by atoms with Crippen molar-refractivity contribution >= 4 is 11.6 Å². The molecule has 1 aromatic rings. The summed E-state index contributed by atoms with van der Waals surface area (Å²) in [5.74, 6) is 1.81. The molecule has 0 aliphatic heterocycles. The molecule has 1 heterocycles. The highest BCUT2D eigenvalue weighted by Gasteiger charge is 1.96. The van der Waals surface area contributed by atoms with Crippen molar-refractivity contribution in [2.75, 3.05) is 44.4 Å². The molecular weight excluding hydrogens is 188 g/mol. The molecule has 4 nitrogen and oxygen atoms in total. The summed E-state index contributed by atoms with van der Waals surface area (Å²) in [5, 5.41) is 6.31. The number of pyridine rings is 1. The van der Waals surface area contributed by atoms with Gasteiger partial charge in [0.2, 0.25) is 0 Å². The van der Waals surface area contributed by atoms with Gasteiger partial charge in [0.25, 0.3) is 0 Å². The maximum Gasteiger partial charge on any atom is 0.128 e. The Balaban J connectivity index is 2.37. The van der Waals surface area contributed by atoms with Crippen molar-refractivity contribution < 1.29 is 0 Å². The predicted octanol–water partition coefficient (Wildman–Crippen LogP) is 1.49. The van der Waals surface area contributed by atoms with Crippen molar-refractivity contribution in [2.24, 2.45) is 0 Å². The van der Waals surface area contributed by atoms with Gasteiger partial charge < -0.3 is 15.5 Å². The first-order chi connectivity index (χ1) is 7.26. The molecule has 0 atom stereocenters. The zero-order chi connectivity index (χ0) is 11.1. The molecular formula is C11H20N4. The van der Waals surface area contributed by atoms with E-state index in [1.54, 1.807) is 0 Å². The van der Waals surface area contributed by atoms with E-state index in [0.717, 1.165) is 31.3 Å². The predicted molar refractivity (Wildman–Crippen MR) is 65.4 cm³/mol. The van der Waals surface area contributed by atoms with Crippen LogP contribution in [-0.2, 0) is 0 Å². The molecule has 0 amide bonds. The van der Waals surface area contributed by atoms with Crippen LogP contribution in [0, 0.1) is 0 Å². The van der Waals surface area contributed by atoms with E-state index in [1.807, 2.05) is 25.2 Å². The molecule has 1 rings (SSSR count). The zero-order valence-electron chi connectivity index (χ0n) is 9.75. The van der Waals surface area contributed by atoms with E-state index in [4.69, 9.17) is 0 Å². The third-order valence-electron chi connectivity index (χ3n) is 2.34. The second-order valence-electron chi connectivity index (χ2n) is 3.48. The highest BCUT2D eigenvalue weighted by molar-refractivity contribution is 5.44. The van der Waals surface area contributed by atoms with Crippen LogP contribution < -0.4 is 10.6 Å². The second kappa shape index (κ2) is 6.24. The van der Waals surface area contributed by atoms with Crippen molar-refractivity contribution in [3.05, 3.63) is 18.2 Å². The number of likely N-dealkylation sites (N-methyl/N-ethyl adjacent to an activating group) is 1. The third-order valence-corrected chi connectivity index (χ3v) is 2.34. The number of nitrogens with one attached hydrogen (secondary N) is 2. The quantitative estimate of drug-likeness (QED) is 0.743. The van der Waals surface area contributed by atoms with Crippen LogP contribution in [0.4, 0.5) is 11.6 Å². The fraction of sp³-hybridized carbons (Fsp3) is 0.545. The van der Waals surface area contributed by atoms with Gasteiger partial charge in [-0.05, 0) is 25.7 Å². The molecule has 0 spiro atoms. The van der Waals surface area contributed by atoms with Crippen molar-refractivity contribution in [1.29, 1.82) is 0 Å². The van der Waals surface area contributed by atoms with Gasteiger partial charge in [0, 0.05) is 20.1 Å². The smallest absolute Gasteiger partial charge is 0.128 e. The molecule has 84 valence electrons. The van der Waals surface area contributed by atoms with Crippen LogP contribution in [0.1, 0.15) is 6.92 Å². The summed E-state index contributed by atoms with van der Waals surface area (Å²) in [6.07, 6.45) is 0. The molecule has 2 N–H and O–H groups in total. The van der Waals surface area contributed by atoms with Gasteiger partial charge in [0.15, 0.2) is 0 Å². The first-order valence-electron chi connectivity index (χ1n) is 5.33. The molecule has 0 radical (unpaired) electrons. The highest BCUT2D eigenvalue weighted by atomic mass is 15.1. The van der Waals surface area contributed by atoms with Crippen LogP contribution in [0.5, 0.6) is 0 Å². The topological polar surface area (TPSA) is 40.2 Å². The lowest BCUT2D eigenvalue weighted by Crippen LogP contribution is -2.24. The van der Waals surface area contributed by atoms with Crippen molar-refractivity contribution in [2.45, 2.75) is 6.92 Å². The van der Waals surface area contributed by atoms with E-state index in [9.17, 15) is 0 Å². The van der Waals surface area contributed by atoms with Gasteiger partial charge in [-0.15, -0.1) is 0 Å². The molecule has 0 saturated carbocycles. The average Bonchev–Trinajstić information content (AvgIpc) is 2.29. The summed E-state index contributed by atoms with van der Waals surface area (Å²) in [6, 6.07) is 5.92. The maximum absolute atomic E-state index is 4.37. The van der Waals surface area contributed by atoms with Gasteiger partial charge in [-0.2, -0.15) is 0 Å². The lowest BCUT2D eigenvalue weighted by Gasteiger charge is -2.14. The number of aromatic nitrogens is 1. The molecule has 0 fully saturated rings. The van der Waals surface area contributed by atoms with Gasteiger partial charge in [-0.3, -0.25) is 0 Å². The fourth-order valence-electron chi connectivity index (χ4n) is 1.21. The Bertz CT molecular complexity index is 288. The summed E-state index contributed by atoms with van der Waals surface area (Å²) in [4.78, 5) is 6.63. The molecule has 4 heteroatoms. The van der Waals surface area contributed by atoms with Crippen LogP contribution >= 0.6 is 0 Å². The van der Waals surface area contributed by atoms with E-state index in [-0.39, 0.29) is 0 Å². The lowest BCUT2D eigenvalue weighted by atomic mass is 10.4. The normalized spacial score (nSPS) is 10.4. The average molecular weight is 208 g/mol. The monoisotopic (exact) mass is 208 g/mol. The third kappa shape index (κ3) is 4.16. The van der Waals surface area contributed by atoms with Crippen molar-refractivity contribution in [3.8, 4) is 0 Å². The summed E-state index contributed by atoms with van der Waals surface area (Å²) >= 11 is 0. The molecule has 15 heavy (non-hydrogen) atoms. The Morgan fingerprint density at radius 3 is 2.73 bits per heavy atom. The molecule has 0 unspecified atom stereocenters. The maximum atomic E-state index is 4.37. The summed E-state index contributed by atoms with van der Waals surface area (Å²) < 4.78 is 0. The summed E-state index contributed by atoms with van der Waals surface area (Å²) in [5.41, 5.74) is 0. The standard InChI is InChI=1S/C11H20N4/c1-4-15(3)9-8-13-11-7-5-6-10(12-2)14-11/h5-7H,4,8-9H2,1-3H3,(H2,12,13,14). The number of anilines is 2. The molecule has 1 aromatic heterocycles. The largest absolute Gasteiger partial charge is 0.373 e. The van der Waals surface area contributed by atoms with E-state index in [2.05, 4.69) is 34.5 Å². The Morgan fingerprint density at radius 1 is 1.33 bits per heavy atom. The zero-order valence-corrected chi connectivity index (χ0v) is 9.75. The van der Waals surface area contributed by atoms with Gasteiger partial charge in [0.05, 0.1) is 0 Å². The van der Waals surface area contributed by atoms with Gasteiger partial charge in [-0.25, -0.2) is 4.98 Å². The Kier molecular flexibility index (Phi) is 4.90. The van der Waals surface area contributed by atoms with Crippen LogP contribution in [0.15, 0.2) is 18.2 Å². The molecule has 0 bridgehead atoms. The number of nitrogens with zero attached hydrogens (tertiary/aromatic N) is 2. The van der Waals surface area contributed by atoms with Crippen molar-refractivity contribution in [1.82, 2.24) is 9.88 Å². The minimum Gasteiger partial charge on any atom is -0.373 e. The Labute approximate surface area is 91.7 Å². The summed E-state index contributed by atoms with van der Waals surface area (Å²) in [7, 11) is 3.98. The van der Waals surface area contributed by atoms with E-state index < -0.39 is 0 Å². The van der Waals surface area contributed by atoms with E-state index in [1.165, 1.54) is 0 Å². The number of rotatable bonds is 6. The van der Waals surface area contributed by atoms with Crippen LogP contribution in [0.2, 0.25) is 0 Å². The Morgan fingerprint density at radius 2 is 2.07 bits per heavy atom. The van der Waals surface area contributed by atoms with Crippen LogP contribution in [-0.4, -0.2) is 43.6 Å². The van der Waals surface area contributed by atoms with E-state index >= 15 is 0 Å². The van der Waals surface area contributed by atoms with Gasteiger partial charge in [0.1, 0.15) is 11.6 Å². The van der Waals surface area contributed by atoms with E-state index in [0.29, 0.717) is 0 Å². The fourth-order valence-corrected chi connectivity index (χ4v) is 1.21. The highest BCUT2D eigenvalue weighted by Crippen LogP contribution is 2.07. The molecule has 0 aliphatic rings. The van der Waals surface area contributed by atoms with Gasteiger partial charge in [-0.1, -0.05) is 13.0 Å².